The summed E-state index contributed by atoms with van der Waals surface area (Å²) < 4.78 is 5.59. The van der Waals surface area contributed by atoms with E-state index >= 15 is 0 Å². The number of hydrogen-bond acceptors (Lipinski definition) is 7. The van der Waals surface area contributed by atoms with Crippen molar-refractivity contribution in [3.05, 3.63) is 67.4 Å². The van der Waals surface area contributed by atoms with Crippen LogP contribution in [0.3, 0.4) is 0 Å². The molecule has 10 heteroatoms. The molecular formula is C26H29N7O3. The molecule has 0 radical (unpaired) electrons. The summed E-state index contributed by atoms with van der Waals surface area (Å²) in [5.74, 6) is 0.965. The van der Waals surface area contributed by atoms with Gasteiger partial charge in [0.15, 0.2) is 0 Å². The molecule has 0 spiro atoms. The van der Waals surface area contributed by atoms with E-state index in [0.717, 1.165) is 24.5 Å². The van der Waals surface area contributed by atoms with Crippen LogP contribution in [0.5, 0.6) is 5.75 Å². The zero-order valence-corrected chi connectivity index (χ0v) is 20.1. The average molecular weight is 488 g/mol. The van der Waals surface area contributed by atoms with Crippen molar-refractivity contribution in [1.82, 2.24) is 9.97 Å². The van der Waals surface area contributed by atoms with Crippen molar-refractivity contribution in [2.24, 2.45) is 0 Å². The van der Waals surface area contributed by atoms with E-state index in [4.69, 9.17) is 4.74 Å². The van der Waals surface area contributed by atoms with Crippen LogP contribution in [-0.4, -0.2) is 42.1 Å². The van der Waals surface area contributed by atoms with Gasteiger partial charge in [-0.2, -0.15) is 4.98 Å². The van der Waals surface area contributed by atoms with Gasteiger partial charge >= 0.3 is 6.03 Å². The number of piperidine rings is 1. The molecule has 2 heterocycles. The van der Waals surface area contributed by atoms with Gasteiger partial charge in [0.25, 0.3) is 0 Å². The Morgan fingerprint density at radius 1 is 1.00 bits per heavy atom. The molecule has 1 fully saturated rings. The minimum Gasteiger partial charge on any atom is -0.494 e. The second-order valence-corrected chi connectivity index (χ2v) is 8.18. The molecule has 1 aromatic heterocycles. The minimum absolute atomic E-state index is 0.310. The number of rotatable bonds is 8. The zero-order chi connectivity index (χ0) is 25.3. The van der Waals surface area contributed by atoms with Crippen molar-refractivity contribution in [3.63, 3.8) is 0 Å². The van der Waals surface area contributed by atoms with Crippen LogP contribution in [0.1, 0.15) is 19.3 Å². The Labute approximate surface area is 209 Å². The van der Waals surface area contributed by atoms with E-state index in [9.17, 15) is 9.59 Å². The topological polar surface area (TPSA) is 121 Å². The van der Waals surface area contributed by atoms with E-state index in [2.05, 4.69) is 48.8 Å². The van der Waals surface area contributed by atoms with Crippen molar-refractivity contribution >= 4 is 46.5 Å². The van der Waals surface area contributed by atoms with E-state index in [-0.39, 0.29) is 5.91 Å². The number of nitrogens with zero attached hydrogens (tertiary/aromatic N) is 3. The number of benzene rings is 2. The molecule has 186 valence electrons. The molecule has 0 bridgehead atoms. The Hall–Kier alpha value is -4.60. The van der Waals surface area contributed by atoms with Gasteiger partial charge in [0.05, 0.1) is 12.8 Å². The highest BCUT2D eigenvalue weighted by Crippen LogP contribution is 2.32. The number of aromatic nitrogens is 2. The Morgan fingerprint density at radius 2 is 1.78 bits per heavy atom. The molecule has 3 amide bonds. The lowest BCUT2D eigenvalue weighted by Gasteiger charge is -2.29. The maximum atomic E-state index is 12.5. The second kappa shape index (κ2) is 11.7. The summed E-state index contributed by atoms with van der Waals surface area (Å²) >= 11 is 0. The number of anilines is 6. The van der Waals surface area contributed by atoms with E-state index in [1.165, 1.54) is 25.3 Å². The molecule has 0 atom stereocenters. The number of methoxy groups -OCH3 is 1. The first-order valence-corrected chi connectivity index (χ1v) is 11.7. The predicted octanol–water partition coefficient (Wildman–Crippen LogP) is 4.99. The Bertz CT molecular complexity index is 1240. The van der Waals surface area contributed by atoms with Crippen molar-refractivity contribution in [1.29, 1.82) is 0 Å². The van der Waals surface area contributed by atoms with Crippen LogP contribution < -0.4 is 30.9 Å². The van der Waals surface area contributed by atoms with Crippen LogP contribution in [0.2, 0.25) is 0 Å². The molecule has 36 heavy (non-hydrogen) atoms. The third kappa shape index (κ3) is 6.50. The molecule has 10 nitrogen and oxygen atoms in total. The van der Waals surface area contributed by atoms with Gasteiger partial charge in [0.2, 0.25) is 11.9 Å². The highest BCUT2D eigenvalue weighted by Gasteiger charge is 2.14. The number of carbonyl (C=O) groups is 2. The van der Waals surface area contributed by atoms with Gasteiger partial charge in [-0.1, -0.05) is 12.6 Å². The fraction of sp³-hybridized carbons (Fsp3) is 0.231. The van der Waals surface area contributed by atoms with E-state index in [1.54, 1.807) is 43.6 Å². The van der Waals surface area contributed by atoms with Gasteiger partial charge in [-0.25, -0.2) is 9.78 Å². The van der Waals surface area contributed by atoms with Gasteiger partial charge in [-0.3, -0.25) is 10.1 Å². The summed E-state index contributed by atoms with van der Waals surface area (Å²) in [5.41, 5.74) is 2.88. The van der Waals surface area contributed by atoms with Crippen LogP contribution in [0.15, 0.2) is 67.4 Å². The average Bonchev–Trinajstić information content (AvgIpc) is 2.89. The number of hydrogen-bond donors (Lipinski definition) is 4. The summed E-state index contributed by atoms with van der Waals surface area (Å²) in [6.07, 6.45) is 6.38. The molecule has 0 aliphatic carbocycles. The maximum absolute atomic E-state index is 12.5. The van der Waals surface area contributed by atoms with Gasteiger partial charge in [0.1, 0.15) is 11.6 Å². The van der Waals surface area contributed by atoms with Gasteiger partial charge in [-0.05, 0) is 61.7 Å². The molecule has 1 aliphatic rings. The molecule has 0 saturated carbocycles. The monoisotopic (exact) mass is 487 g/mol. The number of amides is 3. The fourth-order valence-corrected chi connectivity index (χ4v) is 3.89. The smallest absolute Gasteiger partial charge is 0.324 e. The number of nitrogens with one attached hydrogen (secondary N) is 4. The van der Waals surface area contributed by atoms with Crippen LogP contribution in [0, 0.1) is 0 Å². The molecule has 1 saturated heterocycles. The molecule has 2 aromatic carbocycles. The summed E-state index contributed by atoms with van der Waals surface area (Å²) in [5, 5.41) is 11.2. The van der Waals surface area contributed by atoms with Crippen LogP contribution in [0.4, 0.5) is 39.3 Å². The number of ether oxygens (including phenoxy) is 1. The lowest BCUT2D eigenvalue weighted by molar-refractivity contribution is -0.111. The third-order valence-electron chi connectivity index (χ3n) is 5.62. The fourth-order valence-electron chi connectivity index (χ4n) is 3.89. The van der Waals surface area contributed by atoms with Gasteiger partial charge in [-0.15, -0.1) is 0 Å². The third-order valence-corrected chi connectivity index (χ3v) is 5.62. The lowest BCUT2D eigenvalue weighted by atomic mass is 10.1. The van der Waals surface area contributed by atoms with Crippen molar-refractivity contribution in [2.45, 2.75) is 19.3 Å². The predicted molar refractivity (Wildman–Crippen MR) is 142 cm³/mol. The summed E-state index contributed by atoms with van der Waals surface area (Å²) in [6, 6.07) is 13.9. The molecule has 0 unspecified atom stereocenters. The van der Waals surface area contributed by atoms with Crippen molar-refractivity contribution in [2.75, 3.05) is 46.4 Å². The van der Waals surface area contributed by atoms with E-state index in [0.29, 0.717) is 28.9 Å². The lowest BCUT2D eigenvalue weighted by Crippen LogP contribution is -2.29. The first-order valence-electron chi connectivity index (χ1n) is 11.7. The summed E-state index contributed by atoms with van der Waals surface area (Å²) in [4.78, 5) is 35.0. The van der Waals surface area contributed by atoms with Gasteiger partial charge in [0, 0.05) is 42.4 Å². The largest absolute Gasteiger partial charge is 0.494 e. The minimum atomic E-state index is -0.490. The number of urea groups is 1. The molecule has 4 N–H and O–H groups in total. The summed E-state index contributed by atoms with van der Waals surface area (Å²) in [7, 11) is 1.63. The zero-order valence-electron chi connectivity index (χ0n) is 20.1. The molecule has 3 aromatic rings. The Balaban J connectivity index is 1.40. The van der Waals surface area contributed by atoms with Crippen LogP contribution in [-0.2, 0) is 4.79 Å². The SMILES string of the molecule is C=CC(=O)Nc1cccc(NC(=O)Nc2ccnc(Nc3ccc(N4CCCCC4)cc3OC)n2)c1. The first-order chi connectivity index (χ1) is 17.5. The molecule has 1 aliphatic heterocycles. The first kappa shape index (κ1) is 24.5. The van der Waals surface area contributed by atoms with E-state index < -0.39 is 6.03 Å². The van der Waals surface area contributed by atoms with Gasteiger partial charge < -0.3 is 25.6 Å². The number of carbonyl (C=O) groups excluding carboxylic acids is 2. The highest BCUT2D eigenvalue weighted by molar-refractivity contribution is 6.01. The standard InChI is InChI=1S/C26H29N7O3/c1-3-24(34)28-18-8-7-9-19(16-18)29-26(35)32-23-12-13-27-25(31-23)30-21-11-10-20(17-22(21)36-2)33-14-5-4-6-15-33/h3,7-13,16-17H,1,4-6,14-15H2,2H3,(H,28,34)(H3,27,29,30,31,32,35). The van der Waals surface area contributed by atoms with Crippen molar-refractivity contribution in [3.8, 4) is 5.75 Å². The highest BCUT2D eigenvalue weighted by atomic mass is 16.5. The normalized spacial score (nSPS) is 12.9. The molecular weight excluding hydrogens is 458 g/mol. The quantitative estimate of drug-likeness (QED) is 0.331. The van der Waals surface area contributed by atoms with Crippen molar-refractivity contribution < 1.29 is 14.3 Å². The second-order valence-electron chi connectivity index (χ2n) is 8.18. The Kier molecular flexibility index (Phi) is 7.97. The summed E-state index contributed by atoms with van der Waals surface area (Å²) in [6.45, 7) is 5.51. The maximum Gasteiger partial charge on any atom is 0.324 e. The van der Waals surface area contributed by atoms with Crippen LogP contribution >= 0.6 is 0 Å². The molecule has 4 rings (SSSR count). The van der Waals surface area contributed by atoms with Crippen LogP contribution in [0.25, 0.3) is 0 Å². The Morgan fingerprint density at radius 3 is 2.53 bits per heavy atom. The van der Waals surface area contributed by atoms with E-state index in [1.807, 2.05) is 12.1 Å².